The summed E-state index contributed by atoms with van der Waals surface area (Å²) in [6, 6.07) is 6.86. The number of benzene rings is 1. The number of aromatic hydroxyl groups is 1. The van der Waals surface area contributed by atoms with Gasteiger partial charge in [0.1, 0.15) is 5.75 Å². The number of hydrogen-bond donors (Lipinski definition) is 2. The van der Waals surface area contributed by atoms with E-state index in [1.807, 2.05) is 13.0 Å². The molecule has 0 bridgehead atoms. The standard InChI is InChI=1S/C13H19NO3/c1-2-17-8-4-7-13(16)14-10-11-5-3-6-12(15)9-11/h3,5-6,9,15H,2,4,7-8,10H2,1H3,(H,14,16). The highest BCUT2D eigenvalue weighted by Crippen LogP contribution is 2.10. The average Bonchev–Trinajstić information content (AvgIpc) is 2.32. The van der Waals surface area contributed by atoms with Gasteiger partial charge in [-0.2, -0.15) is 0 Å². The fourth-order valence-corrected chi connectivity index (χ4v) is 1.43. The van der Waals surface area contributed by atoms with E-state index < -0.39 is 0 Å². The summed E-state index contributed by atoms with van der Waals surface area (Å²) >= 11 is 0. The molecule has 1 aromatic carbocycles. The minimum absolute atomic E-state index is 0.00745. The van der Waals surface area contributed by atoms with Crippen LogP contribution < -0.4 is 5.32 Å². The fourth-order valence-electron chi connectivity index (χ4n) is 1.43. The highest BCUT2D eigenvalue weighted by molar-refractivity contribution is 5.75. The van der Waals surface area contributed by atoms with Crippen molar-refractivity contribution in [3.8, 4) is 5.75 Å². The summed E-state index contributed by atoms with van der Waals surface area (Å²) in [5.41, 5.74) is 0.892. The lowest BCUT2D eigenvalue weighted by Crippen LogP contribution is -2.22. The molecule has 0 saturated carbocycles. The lowest BCUT2D eigenvalue weighted by molar-refractivity contribution is -0.121. The molecule has 0 aliphatic heterocycles. The molecule has 0 radical (unpaired) electrons. The Balaban J connectivity index is 2.19. The third-order valence-corrected chi connectivity index (χ3v) is 2.30. The number of phenols is 1. The number of amides is 1. The first-order chi connectivity index (χ1) is 8.22. The first kappa shape index (κ1) is 13.5. The molecular formula is C13H19NO3. The van der Waals surface area contributed by atoms with Crippen LogP contribution in [-0.4, -0.2) is 24.2 Å². The van der Waals surface area contributed by atoms with Gasteiger partial charge in [0, 0.05) is 26.2 Å². The number of rotatable bonds is 7. The van der Waals surface area contributed by atoms with E-state index in [1.54, 1.807) is 18.2 Å². The normalized spacial score (nSPS) is 10.2. The molecule has 2 N–H and O–H groups in total. The summed E-state index contributed by atoms with van der Waals surface area (Å²) in [5, 5.41) is 12.0. The molecule has 0 fully saturated rings. The summed E-state index contributed by atoms with van der Waals surface area (Å²) in [7, 11) is 0. The molecule has 4 heteroatoms. The van der Waals surface area contributed by atoms with Gasteiger partial charge in [0.2, 0.25) is 5.91 Å². The van der Waals surface area contributed by atoms with E-state index in [4.69, 9.17) is 4.74 Å². The first-order valence-electron chi connectivity index (χ1n) is 5.84. The van der Waals surface area contributed by atoms with Crippen LogP contribution in [0.3, 0.4) is 0 Å². The lowest BCUT2D eigenvalue weighted by atomic mass is 10.2. The number of ether oxygens (including phenoxy) is 1. The second-order valence-corrected chi connectivity index (χ2v) is 3.75. The first-order valence-corrected chi connectivity index (χ1v) is 5.84. The van der Waals surface area contributed by atoms with E-state index in [1.165, 1.54) is 0 Å². The Bertz CT molecular complexity index is 352. The highest BCUT2D eigenvalue weighted by atomic mass is 16.5. The number of hydrogen-bond acceptors (Lipinski definition) is 3. The topological polar surface area (TPSA) is 58.6 Å². The van der Waals surface area contributed by atoms with E-state index in [-0.39, 0.29) is 11.7 Å². The van der Waals surface area contributed by atoms with Crippen molar-refractivity contribution in [2.45, 2.75) is 26.3 Å². The number of phenolic OH excluding ortho intramolecular Hbond substituents is 1. The van der Waals surface area contributed by atoms with Crippen LogP contribution in [0.1, 0.15) is 25.3 Å². The van der Waals surface area contributed by atoms with Crippen molar-refractivity contribution in [2.24, 2.45) is 0 Å². The zero-order valence-corrected chi connectivity index (χ0v) is 10.1. The van der Waals surface area contributed by atoms with Crippen molar-refractivity contribution in [1.29, 1.82) is 0 Å². The molecule has 0 atom stereocenters. The highest BCUT2D eigenvalue weighted by Gasteiger charge is 2.01. The van der Waals surface area contributed by atoms with Gasteiger partial charge in [-0.3, -0.25) is 4.79 Å². The van der Waals surface area contributed by atoms with Crippen LogP contribution in [-0.2, 0) is 16.1 Å². The smallest absolute Gasteiger partial charge is 0.220 e. The van der Waals surface area contributed by atoms with Crippen LogP contribution in [0.5, 0.6) is 5.75 Å². The van der Waals surface area contributed by atoms with Gasteiger partial charge in [-0.05, 0) is 31.0 Å². The van der Waals surface area contributed by atoms with Crippen molar-refractivity contribution < 1.29 is 14.6 Å². The summed E-state index contributed by atoms with van der Waals surface area (Å²) in [6.07, 6.45) is 1.21. The van der Waals surface area contributed by atoms with E-state index in [2.05, 4.69) is 5.32 Å². The minimum Gasteiger partial charge on any atom is -0.508 e. The molecule has 1 amide bonds. The predicted molar refractivity (Wildman–Crippen MR) is 65.7 cm³/mol. The summed E-state index contributed by atoms with van der Waals surface area (Å²) in [4.78, 5) is 11.4. The molecule has 17 heavy (non-hydrogen) atoms. The maximum Gasteiger partial charge on any atom is 0.220 e. The Morgan fingerprint density at radius 3 is 3.00 bits per heavy atom. The Hall–Kier alpha value is -1.55. The third kappa shape index (κ3) is 5.92. The van der Waals surface area contributed by atoms with Gasteiger partial charge in [-0.15, -0.1) is 0 Å². The van der Waals surface area contributed by atoms with Crippen molar-refractivity contribution in [2.75, 3.05) is 13.2 Å². The van der Waals surface area contributed by atoms with Crippen molar-refractivity contribution in [3.05, 3.63) is 29.8 Å². The minimum atomic E-state index is 0.00745. The van der Waals surface area contributed by atoms with Gasteiger partial charge in [0.05, 0.1) is 0 Å². The SMILES string of the molecule is CCOCCCC(=O)NCc1cccc(O)c1. The monoisotopic (exact) mass is 237 g/mol. The van der Waals surface area contributed by atoms with Crippen LogP contribution in [0.15, 0.2) is 24.3 Å². The molecule has 0 aliphatic rings. The zero-order chi connectivity index (χ0) is 12.5. The fraction of sp³-hybridized carbons (Fsp3) is 0.462. The van der Waals surface area contributed by atoms with E-state index in [9.17, 15) is 9.90 Å². The largest absolute Gasteiger partial charge is 0.508 e. The van der Waals surface area contributed by atoms with Gasteiger partial charge >= 0.3 is 0 Å². The Labute approximate surface area is 102 Å². The Kier molecular flexibility index (Phi) is 6.10. The molecule has 0 spiro atoms. The second kappa shape index (κ2) is 7.68. The van der Waals surface area contributed by atoms with E-state index in [0.717, 1.165) is 12.0 Å². The van der Waals surface area contributed by atoms with E-state index in [0.29, 0.717) is 26.2 Å². The summed E-state index contributed by atoms with van der Waals surface area (Å²) < 4.78 is 5.15. The molecule has 1 rings (SSSR count). The van der Waals surface area contributed by atoms with Crippen LogP contribution in [0.2, 0.25) is 0 Å². The van der Waals surface area contributed by atoms with Gasteiger partial charge in [-0.25, -0.2) is 0 Å². The maximum absolute atomic E-state index is 11.4. The molecular weight excluding hydrogens is 218 g/mol. The van der Waals surface area contributed by atoms with Crippen LogP contribution >= 0.6 is 0 Å². The van der Waals surface area contributed by atoms with Gasteiger partial charge in [0.15, 0.2) is 0 Å². The summed E-state index contributed by atoms with van der Waals surface area (Å²) in [5.74, 6) is 0.223. The molecule has 0 saturated heterocycles. The average molecular weight is 237 g/mol. The van der Waals surface area contributed by atoms with Gasteiger partial charge in [-0.1, -0.05) is 12.1 Å². The van der Waals surface area contributed by atoms with Gasteiger partial charge < -0.3 is 15.2 Å². The third-order valence-electron chi connectivity index (χ3n) is 2.30. The molecule has 0 heterocycles. The predicted octanol–water partition coefficient (Wildman–Crippen LogP) is 1.83. The zero-order valence-electron chi connectivity index (χ0n) is 10.1. The summed E-state index contributed by atoms with van der Waals surface area (Å²) in [6.45, 7) is 3.69. The van der Waals surface area contributed by atoms with Crippen LogP contribution in [0, 0.1) is 0 Å². The Morgan fingerprint density at radius 2 is 2.29 bits per heavy atom. The van der Waals surface area contributed by atoms with Crippen LogP contribution in [0.4, 0.5) is 0 Å². The molecule has 94 valence electrons. The molecule has 0 aromatic heterocycles. The van der Waals surface area contributed by atoms with Crippen molar-refractivity contribution in [1.82, 2.24) is 5.32 Å². The Morgan fingerprint density at radius 1 is 1.47 bits per heavy atom. The molecule has 4 nitrogen and oxygen atoms in total. The quantitative estimate of drug-likeness (QED) is 0.711. The van der Waals surface area contributed by atoms with Crippen molar-refractivity contribution in [3.63, 3.8) is 0 Å². The number of carbonyl (C=O) groups is 1. The van der Waals surface area contributed by atoms with Crippen molar-refractivity contribution >= 4 is 5.91 Å². The van der Waals surface area contributed by atoms with E-state index >= 15 is 0 Å². The lowest BCUT2D eigenvalue weighted by Gasteiger charge is -2.05. The van der Waals surface area contributed by atoms with Crippen LogP contribution in [0.25, 0.3) is 0 Å². The molecule has 0 unspecified atom stereocenters. The maximum atomic E-state index is 11.4. The number of nitrogens with one attached hydrogen (secondary N) is 1. The second-order valence-electron chi connectivity index (χ2n) is 3.75. The number of carbonyl (C=O) groups excluding carboxylic acids is 1. The molecule has 1 aromatic rings. The van der Waals surface area contributed by atoms with Gasteiger partial charge in [0.25, 0.3) is 0 Å². The molecule has 0 aliphatic carbocycles.